The van der Waals surface area contributed by atoms with Gasteiger partial charge >= 0.3 is 0 Å². The molecule has 0 heterocycles. The summed E-state index contributed by atoms with van der Waals surface area (Å²) >= 11 is 0. The third-order valence-electron chi connectivity index (χ3n) is 4.27. The molecule has 1 N–H and O–H groups in total. The fourth-order valence-corrected chi connectivity index (χ4v) is 2.94. The van der Waals surface area contributed by atoms with Gasteiger partial charge in [-0.1, -0.05) is 103 Å². The molecule has 0 saturated heterocycles. The van der Waals surface area contributed by atoms with Gasteiger partial charge in [-0.25, -0.2) is 0 Å². The van der Waals surface area contributed by atoms with Gasteiger partial charge in [0.05, 0.1) is 6.04 Å². The van der Waals surface area contributed by atoms with Gasteiger partial charge in [-0.05, 0) is 30.5 Å². The molecule has 0 radical (unpaired) electrons. The number of benzene rings is 3. The summed E-state index contributed by atoms with van der Waals surface area (Å²) < 4.78 is 0. The van der Waals surface area contributed by atoms with E-state index in [0.29, 0.717) is 0 Å². The lowest BCUT2D eigenvalue weighted by molar-refractivity contribution is 0.435. The Morgan fingerprint density at radius 3 is 1.60 bits per heavy atom. The van der Waals surface area contributed by atoms with Gasteiger partial charge in [0.2, 0.25) is 0 Å². The smallest absolute Gasteiger partial charge is 0.0583 e. The molecule has 0 aliphatic carbocycles. The van der Waals surface area contributed by atoms with Crippen LogP contribution < -0.4 is 5.32 Å². The zero-order chi connectivity index (χ0) is 17.5. The van der Waals surface area contributed by atoms with Crippen LogP contribution >= 0.6 is 0 Å². The van der Waals surface area contributed by atoms with Gasteiger partial charge in [0.1, 0.15) is 0 Å². The summed E-state index contributed by atoms with van der Waals surface area (Å²) in [6.45, 7) is 4.43. The molecule has 126 valence electrons. The summed E-state index contributed by atoms with van der Waals surface area (Å²) in [6, 6.07) is 31.8. The van der Waals surface area contributed by atoms with Crippen LogP contribution in [-0.4, -0.2) is 5.54 Å². The zero-order valence-corrected chi connectivity index (χ0v) is 14.9. The summed E-state index contributed by atoms with van der Waals surface area (Å²) in [7, 11) is 0. The molecule has 0 spiro atoms. The summed E-state index contributed by atoms with van der Waals surface area (Å²) in [4.78, 5) is 0. The maximum atomic E-state index is 3.81. The molecule has 1 nitrogen and oxygen atoms in total. The van der Waals surface area contributed by atoms with Crippen molar-refractivity contribution < 1.29 is 0 Å². The number of nitrogens with one attached hydrogen (secondary N) is 1. The number of hydrogen-bond donors (Lipinski definition) is 1. The van der Waals surface area contributed by atoms with Crippen molar-refractivity contribution in [3.05, 3.63) is 114 Å². The van der Waals surface area contributed by atoms with Crippen molar-refractivity contribution in [2.45, 2.75) is 25.4 Å². The topological polar surface area (TPSA) is 12.0 Å². The minimum Gasteiger partial charge on any atom is -0.298 e. The molecule has 0 saturated carbocycles. The molecular weight excluding hydrogens is 302 g/mol. The second-order valence-corrected chi connectivity index (χ2v) is 6.86. The van der Waals surface area contributed by atoms with Crippen molar-refractivity contribution >= 4 is 6.08 Å². The van der Waals surface area contributed by atoms with Crippen molar-refractivity contribution in [3.8, 4) is 0 Å². The van der Waals surface area contributed by atoms with Gasteiger partial charge < -0.3 is 0 Å². The van der Waals surface area contributed by atoms with Crippen LogP contribution in [0.3, 0.4) is 0 Å². The molecule has 0 amide bonds. The molecule has 3 aromatic carbocycles. The van der Waals surface area contributed by atoms with E-state index in [4.69, 9.17) is 0 Å². The van der Waals surface area contributed by atoms with Crippen molar-refractivity contribution in [3.63, 3.8) is 0 Å². The van der Waals surface area contributed by atoms with Crippen LogP contribution in [0.15, 0.2) is 97.1 Å². The highest BCUT2D eigenvalue weighted by atomic mass is 15.0. The summed E-state index contributed by atoms with van der Waals surface area (Å²) in [5.41, 5.74) is 3.62. The minimum absolute atomic E-state index is 0.147. The Morgan fingerprint density at radius 1 is 0.680 bits per heavy atom. The van der Waals surface area contributed by atoms with Gasteiger partial charge in [-0.15, -0.1) is 0 Å². The molecule has 3 aromatic rings. The standard InChI is InChI=1S/C24H25N/c1-24(2,19-18-20-12-6-3-7-13-20)25-23(21-14-8-4-9-15-21)22-16-10-5-11-17-22/h3-19,23,25H,1-2H3/b19-18-. The van der Waals surface area contributed by atoms with E-state index in [1.165, 1.54) is 16.7 Å². The molecule has 25 heavy (non-hydrogen) atoms. The molecule has 0 aromatic heterocycles. The third kappa shape index (κ3) is 4.91. The SMILES string of the molecule is CC(C)(/C=C\c1ccccc1)NC(c1ccccc1)c1ccccc1. The van der Waals surface area contributed by atoms with E-state index >= 15 is 0 Å². The third-order valence-corrected chi connectivity index (χ3v) is 4.27. The predicted molar refractivity (Wildman–Crippen MR) is 107 cm³/mol. The molecule has 0 unspecified atom stereocenters. The number of hydrogen-bond acceptors (Lipinski definition) is 1. The van der Waals surface area contributed by atoms with Crippen LogP contribution in [0.2, 0.25) is 0 Å². The van der Waals surface area contributed by atoms with Crippen LogP contribution in [0.25, 0.3) is 6.08 Å². The van der Waals surface area contributed by atoms with Gasteiger partial charge in [0.15, 0.2) is 0 Å². The molecule has 0 aliphatic heterocycles. The van der Waals surface area contributed by atoms with Crippen molar-refractivity contribution in [2.24, 2.45) is 0 Å². The van der Waals surface area contributed by atoms with Crippen molar-refractivity contribution in [2.75, 3.05) is 0 Å². The van der Waals surface area contributed by atoms with Crippen molar-refractivity contribution in [1.29, 1.82) is 0 Å². The lowest BCUT2D eigenvalue weighted by Gasteiger charge is -2.30. The first-order valence-corrected chi connectivity index (χ1v) is 8.76. The van der Waals surface area contributed by atoms with Gasteiger partial charge in [0, 0.05) is 5.54 Å². The van der Waals surface area contributed by atoms with Crippen LogP contribution in [0.1, 0.15) is 36.6 Å². The maximum Gasteiger partial charge on any atom is 0.0583 e. The van der Waals surface area contributed by atoms with Crippen molar-refractivity contribution in [1.82, 2.24) is 5.32 Å². The van der Waals surface area contributed by atoms with E-state index in [2.05, 4.69) is 116 Å². The summed E-state index contributed by atoms with van der Waals surface area (Å²) in [5.74, 6) is 0. The second kappa shape index (κ2) is 7.96. The Labute approximate surface area is 151 Å². The molecule has 0 atom stereocenters. The Hall–Kier alpha value is -2.64. The van der Waals surface area contributed by atoms with E-state index in [-0.39, 0.29) is 11.6 Å². The Morgan fingerprint density at radius 2 is 1.12 bits per heavy atom. The first kappa shape index (κ1) is 17.2. The molecule has 1 heteroatoms. The highest BCUT2D eigenvalue weighted by Gasteiger charge is 2.22. The van der Waals surface area contributed by atoms with E-state index in [1.54, 1.807) is 0 Å². The average Bonchev–Trinajstić information content (AvgIpc) is 2.67. The molecule has 0 aliphatic rings. The quantitative estimate of drug-likeness (QED) is 0.598. The molecule has 0 bridgehead atoms. The maximum absolute atomic E-state index is 3.81. The van der Waals surface area contributed by atoms with E-state index in [0.717, 1.165) is 0 Å². The Balaban J connectivity index is 1.85. The van der Waals surface area contributed by atoms with Crippen LogP contribution in [-0.2, 0) is 0 Å². The minimum atomic E-state index is -0.147. The van der Waals surface area contributed by atoms with Gasteiger partial charge in [-0.2, -0.15) is 0 Å². The summed E-state index contributed by atoms with van der Waals surface area (Å²) in [5, 5.41) is 3.81. The molecular formula is C24H25N. The van der Waals surface area contributed by atoms with E-state index in [1.807, 2.05) is 6.07 Å². The zero-order valence-electron chi connectivity index (χ0n) is 14.9. The van der Waals surface area contributed by atoms with Gasteiger partial charge in [-0.3, -0.25) is 5.32 Å². The normalized spacial score (nSPS) is 12.0. The van der Waals surface area contributed by atoms with Crippen LogP contribution in [0.5, 0.6) is 0 Å². The first-order valence-electron chi connectivity index (χ1n) is 8.76. The largest absolute Gasteiger partial charge is 0.298 e. The predicted octanol–water partition coefficient (Wildman–Crippen LogP) is 5.86. The fraction of sp³-hybridized carbons (Fsp3) is 0.167. The van der Waals surface area contributed by atoms with E-state index in [9.17, 15) is 0 Å². The molecule has 3 rings (SSSR count). The highest BCUT2D eigenvalue weighted by Crippen LogP contribution is 2.25. The Bertz CT molecular complexity index is 750. The van der Waals surface area contributed by atoms with Crippen LogP contribution in [0.4, 0.5) is 0 Å². The molecule has 0 fully saturated rings. The monoisotopic (exact) mass is 327 g/mol. The fourth-order valence-electron chi connectivity index (χ4n) is 2.94. The average molecular weight is 327 g/mol. The lowest BCUT2D eigenvalue weighted by Crippen LogP contribution is -2.40. The van der Waals surface area contributed by atoms with Gasteiger partial charge in [0.25, 0.3) is 0 Å². The highest BCUT2D eigenvalue weighted by molar-refractivity contribution is 5.50. The van der Waals surface area contributed by atoms with E-state index < -0.39 is 0 Å². The lowest BCUT2D eigenvalue weighted by atomic mass is 9.94. The van der Waals surface area contributed by atoms with Crippen LogP contribution in [0, 0.1) is 0 Å². The summed E-state index contributed by atoms with van der Waals surface area (Å²) in [6.07, 6.45) is 4.42. The first-order chi connectivity index (χ1) is 12.1. The number of rotatable bonds is 6. The Kier molecular flexibility index (Phi) is 5.47. The second-order valence-electron chi connectivity index (χ2n) is 6.86.